The van der Waals surface area contributed by atoms with E-state index in [0.29, 0.717) is 8.95 Å². The van der Waals surface area contributed by atoms with E-state index in [1.165, 1.54) is 24.3 Å². The molecule has 0 fully saturated rings. The van der Waals surface area contributed by atoms with Crippen LogP contribution in [0.15, 0.2) is 56.3 Å². The zero-order chi connectivity index (χ0) is 20.6. The summed E-state index contributed by atoms with van der Waals surface area (Å²) in [6.45, 7) is 0. The van der Waals surface area contributed by atoms with Crippen molar-refractivity contribution in [1.29, 1.82) is 0 Å². The van der Waals surface area contributed by atoms with Gasteiger partial charge in [-0.3, -0.25) is 0 Å². The highest BCUT2D eigenvalue weighted by Crippen LogP contribution is 2.33. The Morgan fingerprint density at radius 3 is 2.04 bits per heavy atom. The Morgan fingerprint density at radius 2 is 1.46 bits per heavy atom. The SMILES string of the molecule is COC(=O)c1c(C(=O)OC)n(S(=O)(=O)c2ccc(Br)cc2)c2cc(Br)ccc12. The van der Waals surface area contributed by atoms with Crippen LogP contribution in [0.4, 0.5) is 0 Å². The van der Waals surface area contributed by atoms with E-state index in [0.717, 1.165) is 18.2 Å². The molecule has 146 valence electrons. The number of carbonyl (C=O) groups excluding carboxylic acids is 2. The Hall–Kier alpha value is -2.17. The van der Waals surface area contributed by atoms with E-state index >= 15 is 0 Å². The summed E-state index contributed by atoms with van der Waals surface area (Å²) in [5.74, 6) is -1.83. The molecule has 0 spiro atoms. The smallest absolute Gasteiger partial charge is 0.356 e. The number of halogens is 2. The lowest BCUT2D eigenvalue weighted by Crippen LogP contribution is -2.21. The van der Waals surface area contributed by atoms with Gasteiger partial charge in [-0.2, -0.15) is 0 Å². The van der Waals surface area contributed by atoms with Crippen LogP contribution in [0.25, 0.3) is 10.9 Å². The zero-order valence-corrected chi connectivity index (χ0v) is 18.6. The maximum Gasteiger partial charge on any atom is 0.356 e. The van der Waals surface area contributed by atoms with Gasteiger partial charge >= 0.3 is 11.9 Å². The molecule has 0 aliphatic heterocycles. The van der Waals surface area contributed by atoms with Crippen molar-refractivity contribution in [2.24, 2.45) is 0 Å². The third kappa shape index (κ3) is 3.36. The molecule has 2 aromatic carbocycles. The van der Waals surface area contributed by atoms with Crippen LogP contribution in [0.5, 0.6) is 0 Å². The molecule has 0 atom stereocenters. The van der Waals surface area contributed by atoms with Crippen molar-refractivity contribution < 1.29 is 27.5 Å². The summed E-state index contributed by atoms with van der Waals surface area (Å²) in [7, 11) is -1.99. The van der Waals surface area contributed by atoms with E-state index in [1.54, 1.807) is 18.2 Å². The van der Waals surface area contributed by atoms with Crippen LogP contribution in [0.2, 0.25) is 0 Å². The molecule has 28 heavy (non-hydrogen) atoms. The molecule has 0 aliphatic carbocycles. The fraction of sp³-hybridized carbons (Fsp3) is 0.111. The van der Waals surface area contributed by atoms with E-state index in [2.05, 4.69) is 31.9 Å². The Bertz CT molecular complexity index is 1200. The number of methoxy groups -OCH3 is 2. The fourth-order valence-corrected chi connectivity index (χ4v) is 4.91. The number of benzene rings is 2. The third-order valence-electron chi connectivity index (χ3n) is 4.01. The van der Waals surface area contributed by atoms with Crippen molar-refractivity contribution in [2.75, 3.05) is 14.2 Å². The molecule has 3 aromatic rings. The lowest BCUT2D eigenvalue weighted by atomic mass is 10.1. The first kappa shape index (κ1) is 20.6. The van der Waals surface area contributed by atoms with Gasteiger partial charge in [-0.25, -0.2) is 22.0 Å². The molecule has 1 aromatic heterocycles. The van der Waals surface area contributed by atoms with Gasteiger partial charge in [0, 0.05) is 14.3 Å². The molecule has 0 radical (unpaired) electrons. The average molecular weight is 531 g/mol. The number of hydrogen-bond acceptors (Lipinski definition) is 6. The van der Waals surface area contributed by atoms with E-state index in [1.807, 2.05) is 0 Å². The van der Waals surface area contributed by atoms with Gasteiger partial charge in [0.25, 0.3) is 10.0 Å². The second kappa shape index (κ2) is 7.69. The number of ether oxygens (including phenoxy) is 2. The van der Waals surface area contributed by atoms with Gasteiger partial charge in [0.2, 0.25) is 0 Å². The third-order valence-corrected chi connectivity index (χ3v) is 6.76. The number of nitrogens with zero attached hydrogens (tertiary/aromatic N) is 1. The van der Waals surface area contributed by atoms with Gasteiger partial charge in [-0.05, 0) is 36.4 Å². The van der Waals surface area contributed by atoms with Crippen LogP contribution in [-0.2, 0) is 19.5 Å². The largest absolute Gasteiger partial charge is 0.465 e. The number of fused-ring (bicyclic) bond motifs is 1. The molecule has 1 heterocycles. The highest BCUT2D eigenvalue weighted by atomic mass is 79.9. The highest BCUT2D eigenvalue weighted by molar-refractivity contribution is 9.10. The minimum atomic E-state index is -4.24. The molecule has 0 aliphatic rings. The minimum absolute atomic E-state index is 0.0610. The molecule has 0 bridgehead atoms. The van der Waals surface area contributed by atoms with Crippen LogP contribution >= 0.6 is 31.9 Å². The predicted octanol–water partition coefficient (Wildman–Crippen LogP) is 3.98. The van der Waals surface area contributed by atoms with Crippen molar-refractivity contribution in [2.45, 2.75) is 4.90 Å². The van der Waals surface area contributed by atoms with Gasteiger partial charge in [0.15, 0.2) is 5.69 Å². The Balaban J connectivity index is 2.50. The second-order valence-electron chi connectivity index (χ2n) is 5.59. The number of aromatic nitrogens is 1. The first-order chi connectivity index (χ1) is 13.2. The Kier molecular flexibility index (Phi) is 5.64. The Morgan fingerprint density at radius 1 is 0.893 bits per heavy atom. The summed E-state index contributed by atoms with van der Waals surface area (Å²) in [5.41, 5.74) is -0.471. The van der Waals surface area contributed by atoms with E-state index in [9.17, 15) is 18.0 Å². The van der Waals surface area contributed by atoms with Gasteiger partial charge in [0.05, 0.1) is 24.6 Å². The molecule has 0 N–H and O–H groups in total. The quantitative estimate of drug-likeness (QED) is 0.474. The van der Waals surface area contributed by atoms with Crippen LogP contribution in [0, 0.1) is 0 Å². The van der Waals surface area contributed by atoms with Crippen molar-refractivity contribution in [3.8, 4) is 0 Å². The van der Waals surface area contributed by atoms with E-state index < -0.39 is 27.7 Å². The van der Waals surface area contributed by atoms with Gasteiger partial charge in [-0.1, -0.05) is 37.9 Å². The number of carbonyl (C=O) groups is 2. The zero-order valence-electron chi connectivity index (χ0n) is 14.6. The minimum Gasteiger partial charge on any atom is -0.465 e. The summed E-state index contributed by atoms with van der Waals surface area (Å²) in [6, 6.07) is 10.6. The van der Waals surface area contributed by atoms with E-state index in [4.69, 9.17) is 9.47 Å². The predicted molar refractivity (Wildman–Crippen MR) is 109 cm³/mol. The van der Waals surface area contributed by atoms with Crippen molar-refractivity contribution in [1.82, 2.24) is 3.97 Å². The fourth-order valence-electron chi connectivity index (χ4n) is 2.79. The average Bonchev–Trinajstić information content (AvgIpc) is 3.02. The lowest BCUT2D eigenvalue weighted by molar-refractivity contribution is 0.0552. The maximum atomic E-state index is 13.4. The molecule has 0 saturated heterocycles. The summed E-state index contributed by atoms with van der Waals surface area (Å²) in [5, 5.41) is 0.246. The summed E-state index contributed by atoms with van der Waals surface area (Å²) < 4.78 is 38.4. The summed E-state index contributed by atoms with van der Waals surface area (Å²) >= 11 is 6.55. The molecule has 0 unspecified atom stereocenters. The molecular weight excluding hydrogens is 518 g/mol. The van der Waals surface area contributed by atoms with Crippen molar-refractivity contribution >= 4 is 64.7 Å². The van der Waals surface area contributed by atoms with Gasteiger partial charge in [-0.15, -0.1) is 0 Å². The standard InChI is InChI=1S/C18H13Br2NO6S/c1-26-17(22)15-13-8-5-11(20)9-14(13)21(16(15)18(23)27-2)28(24,25)12-6-3-10(19)4-7-12/h3-9H,1-2H3. The molecular formula is C18H13Br2NO6S. The second-order valence-corrected chi connectivity index (χ2v) is 9.21. The topological polar surface area (TPSA) is 91.7 Å². The van der Waals surface area contributed by atoms with E-state index in [-0.39, 0.29) is 21.4 Å². The first-order valence-electron chi connectivity index (χ1n) is 7.74. The Labute approximate surface area is 177 Å². The van der Waals surface area contributed by atoms with Crippen LogP contribution < -0.4 is 0 Å². The van der Waals surface area contributed by atoms with Crippen LogP contribution in [0.3, 0.4) is 0 Å². The molecule has 0 amide bonds. The maximum absolute atomic E-state index is 13.4. The monoisotopic (exact) mass is 529 g/mol. The lowest BCUT2D eigenvalue weighted by Gasteiger charge is -2.11. The molecule has 7 nitrogen and oxygen atoms in total. The van der Waals surface area contributed by atoms with Gasteiger partial charge in [0.1, 0.15) is 5.56 Å². The summed E-state index contributed by atoms with van der Waals surface area (Å²) in [6.07, 6.45) is 0. The normalized spacial score (nSPS) is 11.4. The number of esters is 2. The molecule has 10 heteroatoms. The first-order valence-corrected chi connectivity index (χ1v) is 10.8. The highest BCUT2D eigenvalue weighted by Gasteiger charge is 2.34. The van der Waals surface area contributed by atoms with Crippen molar-refractivity contribution in [3.05, 3.63) is 62.7 Å². The van der Waals surface area contributed by atoms with Crippen LogP contribution in [-0.4, -0.2) is 38.5 Å². The van der Waals surface area contributed by atoms with Crippen LogP contribution in [0.1, 0.15) is 20.8 Å². The summed E-state index contributed by atoms with van der Waals surface area (Å²) in [4.78, 5) is 24.9. The van der Waals surface area contributed by atoms with Gasteiger partial charge < -0.3 is 9.47 Å². The van der Waals surface area contributed by atoms with Crippen molar-refractivity contribution in [3.63, 3.8) is 0 Å². The molecule has 3 rings (SSSR count). The number of hydrogen-bond donors (Lipinski definition) is 0. The molecule has 0 saturated carbocycles. The number of rotatable bonds is 4.